The third kappa shape index (κ3) is 7.64. The van der Waals surface area contributed by atoms with Gasteiger partial charge in [-0.15, -0.1) is 0 Å². The van der Waals surface area contributed by atoms with Gasteiger partial charge < -0.3 is 25.1 Å². The average Bonchev–Trinajstić information content (AvgIpc) is 3.71. The molecule has 2 saturated heterocycles. The number of primary amides is 1. The molecule has 2 aromatic heterocycles. The highest BCUT2D eigenvalue weighted by Crippen LogP contribution is 2.53. The van der Waals surface area contributed by atoms with E-state index in [0.717, 1.165) is 55.2 Å². The maximum atomic E-state index is 12.4. The maximum absolute atomic E-state index is 12.4. The molecule has 3 N–H and O–H groups in total. The lowest BCUT2D eigenvalue weighted by Gasteiger charge is -2.59. The summed E-state index contributed by atoms with van der Waals surface area (Å²) in [5.41, 5.74) is 12.9. The smallest absolute Gasteiger partial charge is 0.252 e. The maximum Gasteiger partial charge on any atom is 0.252 e. The van der Waals surface area contributed by atoms with Gasteiger partial charge in [0.05, 0.1) is 18.9 Å². The first-order valence-electron chi connectivity index (χ1n) is 21.3. The van der Waals surface area contributed by atoms with Crippen molar-refractivity contribution < 1.29 is 14.3 Å². The molecule has 1 amide bonds. The number of amides is 1. The number of carbonyl (C=O) groups excluding carboxylic acids is 1. The average molecular weight is 767 g/mol. The molecule has 9 nitrogen and oxygen atoms in total. The summed E-state index contributed by atoms with van der Waals surface area (Å²) in [6.07, 6.45) is 13.5. The second kappa shape index (κ2) is 15.8. The Bertz CT molecular complexity index is 2170. The van der Waals surface area contributed by atoms with Crippen molar-refractivity contribution in [2.45, 2.75) is 95.2 Å². The number of piperazine rings is 1. The second-order valence-corrected chi connectivity index (χ2v) is 17.6. The van der Waals surface area contributed by atoms with Gasteiger partial charge in [0.15, 0.2) is 0 Å². The summed E-state index contributed by atoms with van der Waals surface area (Å²) in [7, 11) is 1.74. The Morgan fingerprint density at radius 3 is 2.39 bits per heavy atom. The third-order valence-corrected chi connectivity index (χ3v) is 14.1. The number of hydrogen-bond acceptors (Lipinski definition) is 7. The predicted octanol–water partition coefficient (Wildman–Crippen LogP) is 9.42. The first-order valence-corrected chi connectivity index (χ1v) is 21.3. The molecule has 2 saturated carbocycles. The number of H-pyrrole nitrogens is 1. The minimum Gasteiger partial charge on any atom is -0.497 e. The van der Waals surface area contributed by atoms with E-state index in [2.05, 4.69) is 87.0 Å². The van der Waals surface area contributed by atoms with E-state index in [1.165, 1.54) is 62.5 Å². The van der Waals surface area contributed by atoms with E-state index in [1.54, 1.807) is 24.9 Å². The van der Waals surface area contributed by atoms with Gasteiger partial charge in [-0.2, -0.15) is 0 Å². The highest BCUT2D eigenvalue weighted by Gasteiger charge is 2.50. The number of pyridine rings is 1. The van der Waals surface area contributed by atoms with E-state index < -0.39 is 5.91 Å². The van der Waals surface area contributed by atoms with Crippen molar-refractivity contribution in [1.29, 1.82) is 0 Å². The molecule has 4 fully saturated rings. The zero-order valence-electron chi connectivity index (χ0n) is 33.8. The van der Waals surface area contributed by atoms with Gasteiger partial charge in [0.25, 0.3) is 5.91 Å². The molecule has 9 heteroatoms. The molecule has 3 aromatic carbocycles. The number of methoxy groups -OCH3 is 1. The molecule has 4 heterocycles. The van der Waals surface area contributed by atoms with E-state index >= 15 is 0 Å². The van der Waals surface area contributed by atoms with Crippen LogP contribution < -0.4 is 20.1 Å². The van der Waals surface area contributed by atoms with Gasteiger partial charge in [-0.05, 0) is 122 Å². The first kappa shape index (κ1) is 37.7. The zero-order chi connectivity index (χ0) is 39.1. The molecule has 57 heavy (non-hydrogen) atoms. The van der Waals surface area contributed by atoms with Crippen LogP contribution in [0.5, 0.6) is 17.2 Å². The normalized spacial score (nSPS) is 23.2. The number of anilines is 1. The van der Waals surface area contributed by atoms with Crippen LogP contribution in [-0.4, -0.2) is 77.6 Å². The van der Waals surface area contributed by atoms with Crippen LogP contribution in [0, 0.1) is 5.41 Å². The summed E-state index contributed by atoms with van der Waals surface area (Å²) in [5, 5.41) is 0.949. The topological polar surface area (TPSA) is 99.9 Å². The van der Waals surface area contributed by atoms with Crippen LogP contribution in [0.4, 0.5) is 5.69 Å². The Hall–Kier alpha value is -4.86. The summed E-state index contributed by atoms with van der Waals surface area (Å²) in [6, 6.07) is 29.5. The van der Waals surface area contributed by atoms with Crippen LogP contribution in [-0.2, 0) is 0 Å². The van der Waals surface area contributed by atoms with Crippen molar-refractivity contribution in [3.8, 4) is 17.2 Å². The number of rotatable bonds is 10. The van der Waals surface area contributed by atoms with Crippen LogP contribution in [0.25, 0.3) is 11.0 Å². The third-order valence-electron chi connectivity index (χ3n) is 14.1. The van der Waals surface area contributed by atoms with Gasteiger partial charge in [-0.1, -0.05) is 50.2 Å². The van der Waals surface area contributed by atoms with E-state index in [1.807, 2.05) is 30.5 Å². The number of benzene rings is 3. The SMILES string of the molecule is COc1ccc(C2CCC(N3CCN(C4CC5(CCN(c6ccc(C(N)=O)c(Oc7cnc8[nH]ccc8c7)c6)CC5)C4)C(c4ccccc4C(C)C)C3)CC2)cc1. The molecule has 4 aliphatic rings. The number of aromatic nitrogens is 2. The number of nitrogens with one attached hydrogen (secondary N) is 1. The Labute approximate surface area is 337 Å². The molecule has 5 aromatic rings. The first-order chi connectivity index (χ1) is 27.8. The summed E-state index contributed by atoms with van der Waals surface area (Å²) < 4.78 is 11.7. The lowest BCUT2D eigenvalue weighted by molar-refractivity contribution is -0.0698. The number of fused-ring (bicyclic) bond motifs is 1. The van der Waals surface area contributed by atoms with Crippen LogP contribution >= 0.6 is 0 Å². The Morgan fingerprint density at radius 2 is 1.65 bits per heavy atom. The van der Waals surface area contributed by atoms with Crippen molar-refractivity contribution in [2.75, 3.05) is 44.7 Å². The lowest BCUT2D eigenvalue weighted by Crippen LogP contribution is -2.61. The van der Waals surface area contributed by atoms with Gasteiger partial charge in [0.2, 0.25) is 0 Å². The van der Waals surface area contributed by atoms with Crippen LogP contribution in [0.2, 0.25) is 0 Å². The number of carbonyl (C=O) groups is 1. The van der Waals surface area contributed by atoms with Crippen molar-refractivity contribution in [3.05, 3.63) is 114 Å². The summed E-state index contributed by atoms with van der Waals surface area (Å²) in [4.78, 5) is 28.2. The summed E-state index contributed by atoms with van der Waals surface area (Å²) in [5.74, 6) is 2.63. The standard InChI is InChI=1S/C48H58N6O3/c1-32(2)41-6-4-5-7-42(41)44-31-53(36-12-8-33(9-13-36)34-10-15-39(56-3)16-11-34)24-25-54(44)38-28-48(29-38)19-22-52(23-20-48)37-14-17-43(46(49)55)45(27-37)57-40-26-35-18-21-50-47(35)51-30-40/h4-7,10-11,14-18,21,26-27,30,32-33,36,38,44H,8-9,12-13,19-20,22-25,28-29,31H2,1-3H3,(H2,49,55)(H,50,51). The Morgan fingerprint density at radius 1 is 0.877 bits per heavy atom. The summed E-state index contributed by atoms with van der Waals surface area (Å²) in [6.45, 7) is 10.1. The van der Waals surface area contributed by atoms with E-state index in [4.69, 9.17) is 15.2 Å². The van der Waals surface area contributed by atoms with Crippen molar-refractivity contribution >= 4 is 22.6 Å². The largest absolute Gasteiger partial charge is 0.497 e. The van der Waals surface area contributed by atoms with Gasteiger partial charge in [0, 0.05) is 74.2 Å². The predicted molar refractivity (Wildman–Crippen MR) is 228 cm³/mol. The number of hydrogen-bond donors (Lipinski definition) is 2. The van der Waals surface area contributed by atoms with Crippen LogP contribution in [0.1, 0.15) is 110 Å². The zero-order valence-corrected chi connectivity index (χ0v) is 33.8. The highest BCUT2D eigenvalue weighted by molar-refractivity contribution is 5.96. The molecule has 1 atom stereocenters. The second-order valence-electron chi connectivity index (χ2n) is 17.6. The quantitative estimate of drug-likeness (QED) is 0.146. The number of aromatic amines is 1. The molecule has 0 bridgehead atoms. The molecule has 1 unspecified atom stereocenters. The fourth-order valence-electron chi connectivity index (χ4n) is 10.8. The minimum atomic E-state index is -0.502. The van der Waals surface area contributed by atoms with E-state index in [0.29, 0.717) is 52.4 Å². The number of piperidine rings is 1. The molecule has 0 radical (unpaired) electrons. The van der Waals surface area contributed by atoms with E-state index in [9.17, 15) is 4.79 Å². The highest BCUT2D eigenvalue weighted by atomic mass is 16.5. The molecular weight excluding hydrogens is 709 g/mol. The fraction of sp³-hybridized carbons (Fsp3) is 0.458. The Kier molecular flexibility index (Phi) is 10.5. The van der Waals surface area contributed by atoms with Gasteiger partial charge in [0.1, 0.15) is 22.9 Å². The van der Waals surface area contributed by atoms with Crippen molar-refractivity contribution in [1.82, 2.24) is 19.8 Å². The van der Waals surface area contributed by atoms with E-state index in [-0.39, 0.29) is 0 Å². The monoisotopic (exact) mass is 766 g/mol. The molecule has 298 valence electrons. The Balaban J connectivity index is 0.856. The van der Waals surface area contributed by atoms with Gasteiger partial charge in [-0.25, -0.2) is 4.98 Å². The van der Waals surface area contributed by atoms with Crippen molar-refractivity contribution in [2.24, 2.45) is 11.1 Å². The number of nitrogens with zero attached hydrogens (tertiary/aromatic N) is 4. The number of nitrogens with two attached hydrogens (primary N) is 1. The van der Waals surface area contributed by atoms with Gasteiger partial charge in [-0.3, -0.25) is 14.6 Å². The molecule has 9 rings (SSSR count). The van der Waals surface area contributed by atoms with Crippen LogP contribution in [0.15, 0.2) is 91.3 Å². The number of ether oxygens (including phenoxy) is 2. The van der Waals surface area contributed by atoms with Gasteiger partial charge >= 0.3 is 0 Å². The lowest BCUT2D eigenvalue weighted by atomic mass is 9.59. The van der Waals surface area contributed by atoms with Crippen molar-refractivity contribution in [3.63, 3.8) is 0 Å². The fourth-order valence-corrected chi connectivity index (χ4v) is 10.8. The summed E-state index contributed by atoms with van der Waals surface area (Å²) >= 11 is 0. The molecule has 1 spiro atoms. The van der Waals surface area contributed by atoms with Crippen LogP contribution in [0.3, 0.4) is 0 Å². The molecule has 2 aliphatic heterocycles. The molecular formula is C48H58N6O3. The minimum absolute atomic E-state index is 0.373. The molecule has 2 aliphatic carbocycles.